The molecule has 0 aromatic rings. The fourth-order valence-corrected chi connectivity index (χ4v) is 5.52. The molecule has 35 heavy (non-hydrogen) atoms. The lowest BCUT2D eigenvalue weighted by molar-refractivity contribution is -0.133. The number of amides is 2. The fraction of sp³-hybridized carbons (Fsp3) is 0.846. The number of hydrogen-bond donors (Lipinski definition) is 3. The van der Waals surface area contributed by atoms with E-state index in [1.165, 1.54) is 5.57 Å². The molecule has 0 aromatic heterocycles. The Balaban J connectivity index is 1.76. The van der Waals surface area contributed by atoms with Crippen molar-refractivity contribution >= 4 is 20.0 Å². The molecule has 3 N–H and O–H groups in total. The highest BCUT2D eigenvalue weighted by atomic mass is 16.6. The van der Waals surface area contributed by atoms with E-state index in [0.29, 0.717) is 19.6 Å². The summed E-state index contributed by atoms with van der Waals surface area (Å²) in [5.74, 6) is 0.192. The van der Waals surface area contributed by atoms with Crippen LogP contribution in [-0.4, -0.2) is 71.1 Å². The van der Waals surface area contributed by atoms with Crippen LogP contribution >= 0.6 is 0 Å². The Bertz CT molecular complexity index is 707. The summed E-state index contributed by atoms with van der Waals surface area (Å²) in [6.45, 7) is 11.2. The molecule has 2 aliphatic rings. The third kappa shape index (κ3) is 9.43. The van der Waals surface area contributed by atoms with Crippen molar-refractivity contribution in [1.29, 1.82) is 0 Å². The zero-order chi connectivity index (χ0) is 25.9. The highest BCUT2D eigenvalue weighted by molar-refractivity contribution is 6.06. The summed E-state index contributed by atoms with van der Waals surface area (Å²) < 4.78 is 17.9. The first-order valence-corrected chi connectivity index (χ1v) is 13.3. The van der Waals surface area contributed by atoms with E-state index in [2.05, 4.69) is 49.6 Å². The molecule has 1 spiro atoms. The van der Waals surface area contributed by atoms with Gasteiger partial charge in [0.1, 0.15) is 12.2 Å². The molecular formula is C26H48BN3O5. The molecule has 1 saturated heterocycles. The number of carbonyl (C=O) groups is 2. The van der Waals surface area contributed by atoms with Gasteiger partial charge in [0.15, 0.2) is 7.98 Å². The quantitative estimate of drug-likeness (QED) is 0.140. The van der Waals surface area contributed by atoms with Crippen LogP contribution in [0.2, 0.25) is 0 Å². The third-order valence-electron chi connectivity index (χ3n) is 7.38. The van der Waals surface area contributed by atoms with Crippen LogP contribution in [0.4, 0.5) is 4.79 Å². The zero-order valence-corrected chi connectivity index (χ0v) is 22.8. The average Bonchev–Trinajstić information content (AvgIpc) is 3.55. The van der Waals surface area contributed by atoms with Crippen molar-refractivity contribution in [2.24, 2.45) is 11.3 Å². The van der Waals surface area contributed by atoms with Gasteiger partial charge in [0.25, 0.3) is 0 Å². The van der Waals surface area contributed by atoms with E-state index in [9.17, 15) is 9.59 Å². The van der Waals surface area contributed by atoms with Crippen LogP contribution in [0.5, 0.6) is 0 Å². The van der Waals surface area contributed by atoms with Gasteiger partial charge in [-0.15, -0.1) is 0 Å². The van der Waals surface area contributed by atoms with Crippen LogP contribution in [-0.2, 0) is 19.0 Å². The highest BCUT2D eigenvalue weighted by Crippen LogP contribution is 2.55. The van der Waals surface area contributed by atoms with Gasteiger partial charge < -0.3 is 30.1 Å². The van der Waals surface area contributed by atoms with Crippen molar-refractivity contribution in [2.45, 2.75) is 96.9 Å². The van der Waals surface area contributed by atoms with Crippen molar-refractivity contribution in [3.05, 3.63) is 11.6 Å². The maximum atomic E-state index is 12.5. The molecule has 2 fully saturated rings. The molecule has 0 radical (unpaired) electrons. The zero-order valence-electron chi connectivity index (χ0n) is 22.8. The predicted molar refractivity (Wildman–Crippen MR) is 141 cm³/mol. The van der Waals surface area contributed by atoms with Gasteiger partial charge in [-0.05, 0) is 57.8 Å². The minimum atomic E-state index is -0.370. The molecule has 3 unspecified atom stereocenters. The predicted octanol–water partition coefficient (Wildman–Crippen LogP) is 2.86. The number of carbonyl (C=O) groups excluding carboxylic acids is 2. The summed E-state index contributed by atoms with van der Waals surface area (Å²) in [6.07, 6.45) is 8.99. The van der Waals surface area contributed by atoms with E-state index >= 15 is 0 Å². The van der Waals surface area contributed by atoms with Crippen LogP contribution in [0.3, 0.4) is 0 Å². The number of nitrogens with one attached hydrogen (secondary N) is 3. The SMILES string of the molecule is BNCC(=O)NCCCCCCNC(=O)OC1CC[C@]2(CO2)C(C(C)(C)CCC=C(C)C)C1OC. The number of unbranched alkanes of at least 4 members (excludes halogenated alkanes) is 3. The molecule has 1 saturated carbocycles. The van der Waals surface area contributed by atoms with Crippen LogP contribution in [0.1, 0.15) is 79.1 Å². The summed E-state index contributed by atoms with van der Waals surface area (Å²) in [4.78, 5) is 23.9. The third-order valence-corrected chi connectivity index (χ3v) is 7.38. The van der Waals surface area contributed by atoms with E-state index in [4.69, 9.17) is 14.2 Å². The molecule has 1 aliphatic carbocycles. The number of methoxy groups -OCH3 is 1. The lowest BCUT2D eigenvalue weighted by Crippen LogP contribution is -2.55. The number of ether oxygens (including phenoxy) is 3. The molecule has 2 rings (SSSR count). The van der Waals surface area contributed by atoms with E-state index < -0.39 is 0 Å². The van der Waals surface area contributed by atoms with Crippen LogP contribution in [0.25, 0.3) is 0 Å². The Hall–Kier alpha value is -1.58. The molecule has 1 heterocycles. The Morgan fingerprint density at radius 2 is 1.80 bits per heavy atom. The molecule has 0 bridgehead atoms. The summed E-state index contributed by atoms with van der Waals surface area (Å²) >= 11 is 0. The van der Waals surface area contributed by atoms with Gasteiger partial charge in [0, 0.05) is 26.1 Å². The number of alkyl carbamates (subject to hydrolysis) is 1. The van der Waals surface area contributed by atoms with Gasteiger partial charge in [0.05, 0.1) is 18.8 Å². The number of epoxide rings is 1. The number of rotatable bonds is 15. The van der Waals surface area contributed by atoms with Crippen molar-refractivity contribution in [1.82, 2.24) is 15.9 Å². The van der Waals surface area contributed by atoms with Crippen LogP contribution in [0, 0.1) is 11.3 Å². The normalized spacial score (nSPS) is 25.7. The standard InChI is InChI=1S/C26H48BN3O5/c1-19(2)11-10-13-25(3,4)23-22(33-5)20(12-14-26(23)18-34-26)35-24(32)29-16-9-7-6-8-15-28-21(31)17-30-27/h11,20,22-23,30H,6-10,12-18,27H2,1-5H3,(H,28,31)(H,29,32)/t20?,22?,23?,26-/m0/s1. The van der Waals surface area contributed by atoms with E-state index in [1.54, 1.807) is 15.1 Å². The van der Waals surface area contributed by atoms with E-state index in [0.717, 1.165) is 58.0 Å². The molecule has 9 heteroatoms. The van der Waals surface area contributed by atoms with E-state index in [1.807, 2.05) is 0 Å². The monoisotopic (exact) mass is 493 g/mol. The second-order valence-corrected chi connectivity index (χ2v) is 11.0. The van der Waals surface area contributed by atoms with E-state index in [-0.39, 0.29) is 41.1 Å². The topological polar surface area (TPSA) is 101 Å². The van der Waals surface area contributed by atoms with Crippen molar-refractivity contribution in [2.75, 3.05) is 33.4 Å². The first-order valence-electron chi connectivity index (χ1n) is 13.3. The van der Waals surface area contributed by atoms with Crippen molar-refractivity contribution < 1.29 is 23.8 Å². The largest absolute Gasteiger partial charge is 0.443 e. The van der Waals surface area contributed by atoms with Gasteiger partial charge in [-0.1, -0.05) is 38.3 Å². The Kier molecular flexibility index (Phi) is 12.1. The summed E-state index contributed by atoms with van der Waals surface area (Å²) in [6, 6.07) is 0. The average molecular weight is 493 g/mol. The first-order chi connectivity index (χ1) is 16.6. The minimum Gasteiger partial charge on any atom is -0.443 e. The molecule has 8 nitrogen and oxygen atoms in total. The summed E-state index contributed by atoms with van der Waals surface area (Å²) in [5.41, 5.74) is 1.19. The molecular weight excluding hydrogens is 445 g/mol. The second-order valence-electron chi connectivity index (χ2n) is 11.0. The van der Waals surface area contributed by atoms with Crippen molar-refractivity contribution in [3.8, 4) is 0 Å². The van der Waals surface area contributed by atoms with Gasteiger partial charge in [-0.3, -0.25) is 4.79 Å². The van der Waals surface area contributed by atoms with Gasteiger partial charge >= 0.3 is 6.09 Å². The number of hydrogen-bond acceptors (Lipinski definition) is 6. The number of allylic oxidation sites excluding steroid dienone is 2. The highest BCUT2D eigenvalue weighted by Gasteiger charge is 2.63. The molecule has 4 atom stereocenters. The fourth-order valence-electron chi connectivity index (χ4n) is 5.52. The summed E-state index contributed by atoms with van der Waals surface area (Å²) in [7, 11) is 3.48. The van der Waals surface area contributed by atoms with Crippen LogP contribution < -0.4 is 15.9 Å². The Morgan fingerprint density at radius 3 is 2.37 bits per heavy atom. The molecule has 0 aromatic carbocycles. The molecule has 200 valence electrons. The van der Waals surface area contributed by atoms with Gasteiger partial charge in [-0.2, -0.15) is 0 Å². The smallest absolute Gasteiger partial charge is 0.407 e. The maximum absolute atomic E-state index is 12.5. The lowest BCUT2D eigenvalue weighted by atomic mass is 9.61. The van der Waals surface area contributed by atoms with Gasteiger partial charge in [-0.25, -0.2) is 4.79 Å². The Labute approximate surface area is 213 Å². The lowest BCUT2D eigenvalue weighted by Gasteiger charge is -2.48. The summed E-state index contributed by atoms with van der Waals surface area (Å²) in [5, 5.41) is 8.61. The maximum Gasteiger partial charge on any atom is 0.407 e. The minimum absolute atomic E-state index is 0.00580. The second kappa shape index (κ2) is 14.2. The Morgan fingerprint density at radius 1 is 1.14 bits per heavy atom. The molecule has 2 amide bonds. The first kappa shape index (κ1) is 29.7. The van der Waals surface area contributed by atoms with Crippen LogP contribution in [0.15, 0.2) is 11.6 Å². The van der Waals surface area contributed by atoms with Gasteiger partial charge in [0.2, 0.25) is 5.91 Å². The molecule has 1 aliphatic heterocycles. The van der Waals surface area contributed by atoms with Crippen molar-refractivity contribution in [3.63, 3.8) is 0 Å².